The highest BCUT2D eigenvalue weighted by atomic mass is 32.2. The molecule has 21 heavy (non-hydrogen) atoms. The Labute approximate surface area is 129 Å². The van der Waals surface area contributed by atoms with Gasteiger partial charge in [0.05, 0.1) is 10.5 Å². The molecule has 1 saturated heterocycles. The lowest BCUT2D eigenvalue weighted by molar-refractivity contribution is -0.140. The number of hydrogen-bond donors (Lipinski definition) is 2. The number of amides is 1. The van der Waals surface area contributed by atoms with Crippen LogP contribution in [-0.2, 0) is 9.59 Å². The molecule has 2 N–H and O–H groups in total. The molecule has 0 unspecified atom stereocenters. The molecule has 0 aromatic heterocycles. The SMILES string of the molecule is O=C(O)CN1C(=O)/C(=C\c2ccc(C(=O)O)cc2)SC1=S. The lowest BCUT2D eigenvalue weighted by atomic mass is 10.1. The average molecular weight is 323 g/mol. The molecule has 108 valence electrons. The van der Waals surface area contributed by atoms with Crippen molar-refractivity contribution in [3.63, 3.8) is 0 Å². The maximum Gasteiger partial charge on any atom is 0.335 e. The lowest BCUT2D eigenvalue weighted by Gasteiger charge is -2.10. The van der Waals surface area contributed by atoms with Crippen molar-refractivity contribution < 1.29 is 24.6 Å². The summed E-state index contributed by atoms with van der Waals surface area (Å²) in [7, 11) is 0. The third-order valence-electron chi connectivity index (χ3n) is 2.62. The van der Waals surface area contributed by atoms with Crippen molar-refractivity contribution in [2.75, 3.05) is 6.54 Å². The van der Waals surface area contributed by atoms with E-state index >= 15 is 0 Å². The minimum absolute atomic E-state index is 0.144. The van der Waals surface area contributed by atoms with Crippen molar-refractivity contribution in [1.82, 2.24) is 4.90 Å². The average Bonchev–Trinajstić information content (AvgIpc) is 2.67. The van der Waals surface area contributed by atoms with Crippen LogP contribution in [0.25, 0.3) is 6.08 Å². The van der Waals surface area contributed by atoms with E-state index in [-0.39, 0.29) is 9.88 Å². The Kier molecular flexibility index (Phi) is 4.39. The van der Waals surface area contributed by atoms with Crippen LogP contribution in [0.15, 0.2) is 29.2 Å². The fourth-order valence-corrected chi connectivity index (χ4v) is 2.90. The van der Waals surface area contributed by atoms with Crippen LogP contribution < -0.4 is 0 Å². The molecular weight excluding hydrogens is 314 g/mol. The smallest absolute Gasteiger partial charge is 0.335 e. The first-order valence-corrected chi connectivity index (χ1v) is 6.91. The Bertz CT molecular complexity index is 666. The summed E-state index contributed by atoms with van der Waals surface area (Å²) in [4.78, 5) is 34.8. The van der Waals surface area contributed by atoms with Crippen LogP contribution in [0.5, 0.6) is 0 Å². The van der Waals surface area contributed by atoms with E-state index in [9.17, 15) is 14.4 Å². The van der Waals surface area contributed by atoms with Gasteiger partial charge < -0.3 is 10.2 Å². The first-order chi connectivity index (χ1) is 9.88. The van der Waals surface area contributed by atoms with Crippen LogP contribution in [-0.4, -0.2) is 43.8 Å². The summed E-state index contributed by atoms with van der Waals surface area (Å²) in [6, 6.07) is 5.97. The third-order valence-corrected chi connectivity index (χ3v) is 4.00. The molecule has 1 heterocycles. The molecule has 0 spiro atoms. The quantitative estimate of drug-likeness (QED) is 0.643. The van der Waals surface area contributed by atoms with Crippen molar-refractivity contribution in [3.8, 4) is 0 Å². The number of rotatable bonds is 4. The molecule has 1 aromatic carbocycles. The van der Waals surface area contributed by atoms with Gasteiger partial charge in [0.1, 0.15) is 10.9 Å². The zero-order valence-electron chi connectivity index (χ0n) is 10.5. The van der Waals surface area contributed by atoms with Gasteiger partial charge in [0.25, 0.3) is 5.91 Å². The number of carboxylic acid groups (broad SMARTS) is 2. The van der Waals surface area contributed by atoms with E-state index in [4.69, 9.17) is 22.4 Å². The zero-order chi connectivity index (χ0) is 15.6. The summed E-state index contributed by atoms with van der Waals surface area (Å²) in [5.41, 5.74) is 0.779. The maximum atomic E-state index is 12.0. The van der Waals surface area contributed by atoms with Crippen molar-refractivity contribution in [1.29, 1.82) is 0 Å². The molecule has 1 aliphatic heterocycles. The number of aromatic carboxylic acids is 1. The largest absolute Gasteiger partial charge is 0.480 e. The molecule has 2 rings (SSSR count). The second-order valence-corrected chi connectivity index (χ2v) is 5.76. The van der Waals surface area contributed by atoms with E-state index < -0.39 is 24.4 Å². The molecule has 1 aromatic rings. The number of thioether (sulfide) groups is 1. The van der Waals surface area contributed by atoms with Gasteiger partial charge in [0, 0.05) is 0 Å². The first-order valence-electron chi connectivity index (χ1n) is 5.69. The van der Waals surface area contributed by atoms with E-state index in [1.165, 1.54) is 12.1 Å². The van der Waals surface area contributed by atoms with Crippen LogP contribution in [0.3, 0.4) is 0 Å². The normalized spacial score (nSPS) is 16.6. The molecule has 1 amide bonds. The van der Waals surface area contributed by atoms with E-state index in [0.717, 1.165) is 16.7 Å². The molecule has 8 heteroatoms. The monoisotopic (exact) mass is 323 g/mol. The number of thiocarbonyl (C=S) groups is 1. The first kappa shape index (κ1) is 15.2. The number of carbonyl (C=O) groups is 3. The number of nitrogens with zero attached hydrogens (tertiary/aromatic N) is 1. The summed E-state index contributed by atoms with van der Waals surface area (Å²) < 4.78 is 0.191. The van der Waals surface area contributed by atoms with Crippen molar-refractivity contribution >= 4 is 52.2 Å². The second-order valence-electron chi connectivity index (χ2n) is 4.09. The van der Waals surface area contributed by atoms with Gasteiger partial charge in [0.2, 0.25) is 0 Å². The standard InChI is InChI=1S/C13H9NO5S2/c15-10(16)6-14-11(17)9(21-13(14)20)5-7-1-3-8(4-2-7)12(18)19/h1-5H,6H2,(H,15,16)(H,18,19)/b9-5+. The molecule has 0 bridgehead atoms. The maximum absolute atomic E-state index is 12.0. The summed E-state index contributed by atoms with van der Waals surface area (Å²) in [5.74, 6) is -2.64. The van der Waals surface area contributed by atoms with Gasteiger partial charge in [-0.1, -0.05) is 36.1 Å². The number of carbonyl (C=O) groups excluding carboxylic acids is 1. The number of benzene rings is 1. The molecule has 0 radical (unpaired) electrons. The fraction of sp³-hybridized carbons (Fsp3) is 0.0769. The van der Waals surface area contributed by atoms with Crippen LogP contribution in [0.4, 0.5) is 0 Å². The Hall–Kier alpha value is -2.19. The van der Waals surface area contributed by atoms with Gasteiger partial charge in [-0.25, -0.2) is 4.79 Å². The highest BCUT2D eigenvalue weighted by Gasteiger charge is 2.33. The van der Waals surface area contributed by atoms with Gasteiger partial charge in [0.15, 0.2) is 0 Å². The zero-order valence-corrected chi connectivity index (χ0v) is 12.1. The van der Waals surface area contributed by atoms with Gasteiger partial charge in [-0.3, -0.25) is 14.5 Å². The highest BCUT2D eigenvalue weighted by molar-refractivity contribution is 8.26. The van der Waals surface area contributed by atoms with Crippen LogP contribution >= 0.6 is 24.0 Å². The van der Waals surface area contributed by atoms with Gasteiger partial charge in [-0.2, -0.15) is 0 Å². The number of hydrogen-bond acceptors (Lipinski definition) is 5. The molecule has 0 aliphatic carbocycles. The minimum atomic E-state index is -1.14. The Morgan fingerprint density at radius 2 is 1.86 bits per heavy atom. The van der Waals surface area contributed by atoms with Crippen LogP contribution in [0.1, 0.15) is 15.9 Å². The Balaban J connectivity index is 2.22. The predicted molar refractivity (Wildman–Crippen MR) is 80.9 cm³/mol. The van der Waals surface area contributed by atoms with Crippen LogP contribution in [0.2, 0.25) is 0 Å². The molecule has 0 saturated carbocycles. The summed E-state index contributed by atoms with van der Waals surface area (Å²) in [6.45, 7) is -0.472. The number of aliphatic carboxylic acids is 1. The predicted octanol–water partition coefficient (Wildman–Crippen LogP) is 1.67. The second kappa shape index (κ2) is 6.06. The van der Waals surface area contributed by atoms with E-state index in [1.807, 2.05) is 0 Å². The summed E-state index contributed by atoms with van der Waals surface area (Å²) in [6.07, 6.45) is 1.55. The third kappa shape index (κ3) is 3.47. The van der Waals surface area contributed by atoms with Gasteiger partial charge in [-0.15, -0.1) is 0 Å². The topological polar surface area (TPSA) is 94.9 Å². The van der Waals surface area contributed by atoms with Gasteiger partial charge >= 0.3 is 11.9 Å². The molecule has 1 fully saturated rings. The lowest BCUT2D eigenvalue weighted by Crippen LogP contribution is -2.33. The Morgan fingerprint density at radius 1 is 1.24 bits per heavy atom. The van der Waals surface area contributed by atoms with Crippen molar-refractivity contribution in [3.05, 3.63) is 40.3 Å². The summed E-state index contributed by atoms with van der Waals surface area (Å²) >= 11 is 5.99. The Morgan fingerprint density at radius 3 is 2.38 bits per heavy atom. The van der Waals surface area contributed by atoms with E-state index in [2.05, 4.69) is 0 Å². The highest BCUT2D eigenvalue weighted by Crippen LogP contribution is 2.32. The molecule has 0 atom stereocenters. The van der Waals surface area contributed by atoms with Crippen LogP contribution in [0, 0.1) is 0 Å². The fourth-order valence-electron chi connectivity index (χ4n) is 1.64. The molecular formula is C13H9NO5S2. The van der Waals surface area contributed by atoms with E-state index in [0.29, 0.717) is 10.5 Å². The van der Waals surface area contributed by atoms with Crippen molar-refractivity contribution in [2.45, 2.75) is 0 Å². The number of carboxylic acids is 2. The van der Waals surface area contributed by atoms with Crippen molar-refractivity contribution in [2.24, 2.45) is 0 Å². The van der Waals surface area contributed by atoms with Gasteiger partial charge in [-0.05, 0) is 23.8 Å². The minimum Gasteiger partial charge on any atom is -0.480 e. The summed E-state index contributed by atoms with van der Waals surface area (Å²) in [5, 5.41) is 17.5. The molecule has 6 nitrogen and oxygen atoms in total. The molecule has 1 aliphatic rings. The van der Waals surface area contributed by atoms with E-state index in [1.54, 1.807) is 18.2 Å².